The fourth-order valence-corrected chi connectivity index (χ4v) is 3.54. The van der Waals surface area contributed by atoms with E-state index in [9.17, 15) is 9.59 Å². The van der Waals surface area contributed by atoms with Gasteiger partial charge >= 0.3 is 0 Å². The zero-order chi connectivity index (χ0) is 12.7. The molecule has 2 unspecified atom stereocenters. The number of Topliss-reactive ketones (excluding diaryl/α,β-unsaturated/α-hetero) is 2. The first-order chi connectivity index (χ1) is 7.02. The molecule has 1 fully saturated rings. The zero-order valence-corrected chi connectivity index (χ0v) is 11.9. The van der Waals surface area contributed by atoms with E-state index >= 15 is 0 Å². The van der Waals surface area contributed by atoms with Crippen molar-refractivity contribution in [1.82, 2.24) is 0 Å². The van der Waals surface area contributed by atoms with Crippen molar-refractivity contribution in [1.29, 1.82) is 0 Å². The molecule has 0 spiro atoms. The first-order valence-electron chi connectivity index (χ1n) is 5.76. The molecule has 0 aromatic heterocycles. The van der Waals surface area contributed by atoms with Crippen LogP contribution in [0.25, 0.3) is 0 Å². The van der Waals surface area contributed by atoms with E-state index in [0.29, 0.717) is 6.42 Å². The minimum Gasteiger partial charge on any atom is -0.299 e. The van der Waals surface area contributed by atoms with Crippen LogP contribution in [0.2, 0.25) is 0 Å². The number of ketones is 2. The standard InChI is InChI=1S/C13H22O2S/c1-12(2,3)10-8(14)7-9(11(10)15)16-13(4,5)6/h9-10H,7H2,1-6H3. The number of hydrogen-bond donors (Lipinski definition) is 0. The van der Waals surface area contributed by atoms with Gasteiger partial charge in [-0.2, -0.15) is 0 Å². The molecule has 3 heteroatoms. The van der Waals surface area contributed by atoms with Gasteiger partial charge in [-0.1, -0.05) is 41.5 Å². The monoisotopic (exact) mass is 242 g/mol. The van der Waals surface area contributed by atoms with Crippen molar-refractivity contribution >= 4 is 23.3 Å². The maximum absolute atomic E-state index is 12.2. The summed E-state index contributed by atoms with van der Waals surface area (Å²) in [6, 6.07) is 0. The predicted molar refractivity (Wildman–Crippen MR) is 68.7 cm³/mol. The van der Waals surface area contributed by atoms with E-state index in [4.69, 9.17) is 0 Å². The van der Waals surface area contributed by atoms with Gasteiger partial charge in [-0.15, -0.1) is 11.8 Å². The highest BCUT2D eigenvalue weighted by Crippen LogP contribution is 2.42. The molecule has 0 N–H and O–H groups in total. The van der Waals surface area contributed by atoms with Gasteiger partial charge in [-0.3, -0.25) is 9.59 Å². The van der Waals surface area contributed by atoms with Crippen molar-refractivity contribution in [3.8, 4) is 0 Å². The molecule has 0 aromatic rings. The van der Waals surface area contributed by atoms with Crippen LogP contribution < -0.4 is 0 Å². The van der Waals surface area contributed by atoms with Crippen LogP contribution in [0.5, 0.6) is 0 Å². The van der Waals surface area contributed by atoms with Crippen molar-refractivity contribution < 1.29 is 9.59 Å². The van der Waals surface area contributed by atoms with Gasteiger partial charge in [-0.25, -0.2) is 0 Å². The van der Waals surface area contributed by atoms with Crippen LogP contribution in [0, 0.1) is 11.3 Å². The topological polar surface area (TPSA) is 34.1 Å². The van der Waals surface area contributed by atoms with E-state index in [0.717, 1.165) is 0 Å². The number of rotatable bonds is 1. The lowest BCUT2D eigenvalue weighted by Crippen LogP contribution is -2.32. The van der Waals surface area contributed by atoms with Crippen molar-refractivity contribution in [3.63, 3.8) is 0 Å². The lowest BCUT2D eigenvalue weighted by Gasteiger charge is -2.25. The molecule has 0 amide bonds. The van der Waals surface area contributed by atoms with E-state index in [1.54, 1.807) is 11.8 Å². The number of hydrogen-bond acceptors (Lipinski definition) is 3. The van der Waals surface area contributed by atoms with Crippen LogP contribution >= 0.6 is 11.8 Å². The maximum Gasteiger partial charge on any atom is 0.157 e. The Kier molecular flexibility index (Phi) is 3.59. The van der Waals surface area contributed by atoms with Gasteiger partial charge in [0.1, 0.15) is 5.78 Å². The summed E-state index contributed by atoms with van der Waals surface area (Å²) in [5.41, 5.74) is -0.235. The SMILES string of the molecule is CC(C)(C)SC1CC(=O)C(C(C)(C)C)C1=O. The Morgan fingerprint density at radius 1 is 1.06 bits per heavy atom. The van der Waals surface area contributed by atoms with Crippen LogP contribution in [-0.4, -0.2) is 21.6 Å². The molecular formula is C13H22O2S. The van der Waals surface area contributed by atoms with Crippen LogP contribution in [0.4, 0.5) is 0 Å². The quantitative estimate of drug-likeness (QED) is 0.663. The van der Waals surface area contributed by atoms with Gasteiger partial charge in [-0.05, 0) is 5.41 Å². The van der Waals surface area contributed by atoms with Gasteiger partial charge in [0.15, 0.2) is 5.78 Å². The Labute approximate surface area is 103 Å². The highest BCUT2D eigenvalue weighted by atomic mass is 32.2. The van der Waals surface area contributed by atoms with Gasteiger partial charge < -0.3 is 0 Å². The molecule has 0 bridgehead atoms. The van der Waals surface area contributed by atoms with Crippen LogP contribution in [0.1, 0.15) is 48.0 Å². The van der Waals surface area contributed by atoms with E-state index in [2.05, 4.69) is 20.8 Å². The van der Waals surface area contributed by atoms with Gasteiger partial charge in [0, 0.05) is 11.2 Å². The normalized spacial score (nSPS) is 27.6. The summed E-state index contributed by atoms with van der Waals surface area (Å²) in [4.78, 5) is 24.1. The number of thioether (sulfide) groups is 1. The van der Waals surface area contributed by atoms with E-state index < -0.39 is 5.92 Å². The van der Waals surface area contributed by atoms with Crippen LogP contribution in [-0.2, 0) is 9.59 Å². The molecule has 1 rings (SSSR count). The van der Waals surface area contributed by atoms with Crippen molar-refractivity contribution in [2.75, 3.05) is 0 Å². The molecule has 1 aliphatic rings. The molecule has 1 saturated carbocycles. The first-order valence-corrected chi connectivity index (χ1v) is 6.64. The summed E-state index contributed by atoms with van der Waals surface area (Å²) < 4.78 is 0.0351. The lowest BCUT2D eigenvalue weighted by molar-refractivity contribution is -0.131. The summed E-state index contributed by atoms with van der Waals surface area (Å²) in [6.45, 7) is 12.2. The fraction of sp³-hybridized carbons (Fsp3) is 0.846. The Balaban J connectivity index is 2.83. The lowest BCUT2D eigenvalue weighted by atomic mass is 9.79. The Hall–Kier alpha value is -0.310. The minimum atomic E-state index is -0.396. The Morgan fingerprint density at radius 3 is 1.88 bits per heavy atom. The Morgan fingerprint density at radius 2 is 1.56 bits per heavy atom. The summed E-state index contributed by atoms with van der Waals surface area (Å²) >= 11 is 1.63. The molecule has 2 atom stereocenters. The second kappa shape index (κ2) is 4.17. The van der Waals surface area contributed by atoms with Crippen molar-refractivity contribution in [2.45, 2.75) is 58.0 Å². The molecule has 0 heterocycles. The first kappa shape index (κ1) is 13.8. The molecule has 2 nitrogen and oxygen atoms in total. The van der Waals surface area contributed by atoms with Gasteiger partial charge in [0.05, 0.1) is 11.2 Å². The Bertz CT molecular complexity index is 307. The third-order valence-corrected chi connectivity index (χ3v) is 4.06. The summed E-state index contributed by atoms with van der Waals surface area (Å²) in [6.07, 6.45) is 0.419. The van der Waals surface area contributed by atoms with Crippen molar-refractivity contribution in [2.24, 2.45) is 11.3 Å². The molecular weight excluding hydrogens is 220 g/mol. The predicted octanol–water partition coefficient (Wildman–Crippen LogP) is 3.09. The highest BCUT2D eigenvalue weighted by Gasteiger charge is 2.48. The average Bonchev–Trinajstić information content (AvgIpc) is 2.21. The van der Waals surface area contributed by atoms with E-state index in [1.165, 1.54) is 0 Å². The highest BCUT2D eigenvalue weighted by molar-refractivity contribution is 8.01. The van der Waals surface area contributed by atoms with Gasteiger partial charge in [0.2, 0.25) is 0 Å². The third-order valence-electron chi connectivity index (χ3n) is 2.67. The molecule has 0 radical (unpaired) electrons. The second-order valence-electron chi connectivity index (χ2n) is 6.59. The molecule has 92 valence electrons. The zero-order valence-electron chi connectivity index (χ0n) is 11.1. The summed E-state index contributed by atoms with van der Waals surface area (Å²) in [5.74, 6) is -0.135. The number of carbonyl (C=O) groups excluding carboxylic acids is 2. The van der Waals surface area contributed by atoms with E-state index in [1.807, 2.05) is 20.8 Å². The second-order valence-corrected chi connectivity index (χ2v) is 8.62. The summed E-state index contributed by atoms with van der Waals surface area (Å²) in [7, 11) is 0. The summed E-state index contributed by atoms with van der Waals surface area (Å²) in [5, 5.41) is -0.128. The van der Waals surface area contributed by atoms with Crippen LogP contribution in [0.3, 0.4) is 0 Å². The fourth-order valence-electron chi connectivity index (χ4n) is 2.18. The van der Waals surface area contributed by atoms with Crippen LogP contribution in [0.15, 0.2) is 0 Å². The number of carbonyl (C=O) groups is 2. The molecule has 0 saturated heterocycles. The van der Waals surface area contributed by atoms with Gasteiger partial charge in [0.25, 0.3) is 0 Å². The minimum absolute atomic E-state index is 0.0351. The molecule has 16 heavy (non-hydrogen) atoms. The molecule has 0 aliphatic heterocycles. The smallest absolute Gasteiger partial charge is 0.157 e. The molecule has 0 aromatic carbocycles. The van der Waals surface area contributed by atoms with Crippen molar-refractivity contribution in [3.05, 3.63) is 0 Å². The average molecular weight is 242 g/mol. The maximum atomic E-state index is 12.2. The molecule has 1 aliphatic carbocycles. The largest absolute Gasteiger partial charge is 0.299 e. The third kappa shape index (κ3) is 3.09. The van der Waals surface area contributed by atoms with E-state index in [-0.39, 0.29) is 27.0 Å².